The van der Waals surface area contributed by atoms with Gasteiger partial charge in [0.2, 0.25) is 0 Å². The molecule has 0 radical (unpaired) electrons. The molecule has 0 aliphatic carbocycles. The van der Waals surface area contributed by atoms with Crippen LogP contribution in [-0.2, 0) is 38.8 Å². The average Bonchev–Trinajstić information content (AvgIpc) is 3.17. The number of pyridine rings is 2. The topological polar surface area (TPSA) is 71.4 Å². The van der Waals surface area contributed by atoms with Crippen LogP contribution in [0.15, 0.2) is 106 Å². The highest BCUT2D eigenvalue weighted by molar-refractivity contribution is 5.68. The molecule has 0 bridgehead atoms. The molecule has 4 aromatic rings. The van der Waals surface area contributed by atoms with Gasteiger partial charge in [0.15, 0.2) is 31.3 Å². The number of aryl methyl sites for hydroxylation is 6. The maximum Gasteiger partial charge on any atom is 0.196 e. The molecule has 0 spiro atoms. The van der Waals surface area contributed by atoms with E-state index in [4.69, 9.17) is 0 Å². The number of azo groups is 2. The van der Waals surface area contributed by atoms with Gasteiger partial charge in [0.25, 0.3) is 0 Å². The van der Waals surface area contributed by atoms with Crippen LogP contribution in [0.25, 0.3) is 0 Å². The number of aromatic nitrogens is 2. The fourth-order valence-corrected chi connectivity index (χ4v) is 8.93. The molecule has 5 aliphatic heterocycles. The highest BCUT2D eigenvalue weighted by Crippen LogP contribution is 2.39. The van der Waals surface area contributed by atoms with Crippen LogP contribution in [0.1, 0.15) is 60.8 Å². The predicted octanol–water partition coefficient (Wildman–Crippen LogP) is 6.56. The number of anilines is 2. The summed E-state index contributed by atoms with van der Waals surface area (Å²) in [4.78, 5) is 5.14. The Morgan fingerprint density at radius 1 is 0.577 bits per heavy atom. The first kappa shape index (κ1) is 32.9. The van der Waals surface area contributed by atoms with Crippen LogP contribution in [0.3, 0.4) is 0 Å². The molecule has 7 heterocycles. The Morgan fingerprint density at radius 3 is 1.50 bits per heavy atom. The van der Waals surface area contributed by atoms with Gasteiger partial charge in [0.1, 0.15) is 36.9 Å². The maximum atomic E-state index is 4.68. The van der Waals surface area contributed by atoms with Gasteiger partial charge in [-0.25, -0.2) is 19.2 Å². The number of hydrogen-bond acceptors (Lipinski definition) is 7. The Kier molecular flexibility index (Phi) is 9.46. The first-order valence-electron chi connectivity index (χ1n) is 19.7. The third kappa shape index (κ3) is 7.21. The van der Waals surface area contributed by atoms with Crippen LogP contribution in [0.5, 0.6) is 0 Å². The lowest BCUT2D eigenvalue weighted by Gasteiger charge is -2.36. The number of hydrogen-bond donors (Lipinski definition) is 1. The van der Waals surface area contributed by atoms with E-state index in [0.29, 0.717) is 0 Å². The minimum absolute atomic E-state index is 0.897. The van der Waals surface area contributed by atoms with E-state index in [1.54, 1.807) is 0 Å². The summed E-state index contributed by atoms with van der Waals surface area (Å²) >= 11 is 0. The average molecular weight is 696 g/mol. The molecule has 2 aromatic heterocycles. The van der Waals surface area contributed by atoms with Crippen LogP contribution in [0.4, 0.5) is 34.1 Å². The second-order valence-corrected chi connectivity index (χ2v) is 15.1. The van der Waals surface area contributed by atoms with Crippen molar-refractivity contribution >= 4 is 34.1 Å². The van der Waals surface area contributed by atoms with Gasteiger partial charge in [-0.15, -0.1) is 10.2 Å². The van der Waals surface area contributed by atoms with Gasteiger partial charge in [-0.05, 0) is 110 Å². The van der Waals surface area contributed by atoms with Gasteiger partial charge in [-0.1, -0.05) is 0 Å². The van der Waals surface area contributed by atoms with E-state index in [1.807, 2.05) is 12.1 Å². The Hall–Kier alpha value is -4.96. The van der Waals surface area contributed by atoms with E-state index in [1.165, 1.54) is 90.5 Å². The van der Waals surface area contributed by atoms with E-state index in [0.717, 1.165) is 87.5 Å². The fourth-order valence-electron chi connectivity index (χ4n) is 8.93. The predicted molar refractivity (Wildman–Crippen MR) is 203 cm³/mol. The van der Waals surface area contributed by atoms with Crippen molar-refractivity contribution < 1.29 is 14.1 Å². The maximum absolute atomic E-state index is 4.68. The second-order valence-electron chi connectivity index (χ2n) is 15.1. The van der Waals surface area contributed by atoms with E-state index in [9.17, 15) is 0 Å². The van der Waals surface area contributed by atoms with E-state index in [2.05, 4.69) is 118 Å². The lowest BCUT2D eigenvalue weighted by Crippen LogP contribution is -3.17. The first-order chi connectivity index (χ1) is 25.7. The molecule has 1 unspecified atom stereocenters. The van der Waals surface area contributed by atoms with E-state index < -0.39 is 0 Å². The van der Waals surface area contributed by atoms with Gasteiger partial charge in [0, 0.05) is 56.1 Å². The molecular weight excluding hydrogens is 645 g/mol. The van der Waals surface area contributed by atoms with Crippen LogP contribution in [0.2, 0.25) is 0 Å². The largest absolute Gasteiger partial charge is 0.371 e. The van der Waals surface area contributed by atoms with Crippen molar-refractivity contribution in [3.63, 3.8) is 0 Å². The van der Waals surface area contributed by atoms with Gasteiger partial charge in [-0.3, -0.25) is 0 Å². The molecule has 2 aromatic carbocycles. The summed E-state index contributed by atoms with van der Waals surface area (Å²) in [5.41, 5.74) is 12.5. The lowest BCUT2D eigenvalue weighted by molar-refractivity contribution is -0.986. The summed E-state index contributed by atoms with van der Waals surface area (Å²) in [6.07, 6.45) is 24.7. The van der Waals surface area contributed by atoms with Crippen molar-refractivity contribution in [2.75, 3.05) is 49.1 Å². The summed E-state index contributed by atoms with van der Waals surface area (Å²) in [5.74, 6) is 0. The summed E-state index contributed by atoms with van der Waals surface area (Å²) < 4.78 is 4.48. The quantitative estimate of drug-likeness (QED) is 0.135. The minimum Gasteiger partial charge on any atom is -0.371 e. The highest BCUT2D eigenvalue weighted by Gasteiger charge is 2.26. The van der Waals surface area contributed by atoms with Crippen LogP contribution in [-0.4, -0.2) is 44.3 Å². The van der Waals surface area contributed by atoms with Crippen molar-refractivity contribution in [1.82, 2.24) is 5.01 Å². The monoisotopic (exact) mass is 695 g/mol. The smallest absolute Gasteiger partial charge is 0.196 e. The SMILES string of the molecule is C1=C[NH+](CCC[n+]2cccc(N=Nc3cc4c5c(c3)CCCN5CCC4)c2)N1CCC[n+]1cccc(N=Nc2cc3c4c(c2)CCCN4CCC3)c1. The summed E-state index contributed by atoms with van der Waals surface area (Å²) in [6.45, 7) is 8.75. The number of nitrogens with zero attached hydrogens (tertiary/aromatic N) is 9. The van der Waals surface area contributed by atoms with Gasteiger partial charge >= 0.3 is 0 Å². The molecule has 10 heteroatoms. The molecule has 52 heavy (non-hydrogen) atoms. The number of rotatable bonds is 12. The third-order valence-electron chi connectivity index (χ3n) is 11.4. The molecule has 0 amide bonds. The van der Waals surface area contributed by atoms with E-state index >= 15 is 0 Å². The molecular formula is C42H51N10+3. The van der Waals surface area contributed by atoms with Crippen molar-refractivity contribution in [2.24, 2.45) is 20.5 Å². The van der Waals surface area contributed by atoms with Gasteiger partial charge in [0.05, 0.1) is 24.3 Å². The van der Waals surface area contributed by atoms with Crippen LogP contribution in [0, 0.1) is 0 Å². The van der Waals surface area contributed by atoms with Gasteiger partial charge < -0.3 is 9.80 Å². The summed E-state index contributed by atoms with van der Waals surface area (Å²) in [6, 6.07) is 17.3. The lowest BCUT2D eigenvalue weighted by atomic mass is 9.91. The second kappa shape index (κ2) is 14.9. The van der Waals surface area contributed by atoms with Crippen molar-refractivity contribution in [1.29, 1.82) is 0 Å². The molecule has 1 atom stereocenters. The Bertz CT molecular complexity index is 1810. The minimum atomic E-state index is 0.897. The molecule has 10 nitrogen and oxygen atoms in total. The van der Waals surface area contributed by atoms with Crippen molar-refractivity contribution in [3.05, 3.63) is 108 Å². The molecule has 0 saturated heterocycles. The summed E-state index contributed by atoms with van der Waals surface area (Å²) in [7, 11) is 0. The number of nitrogens with one attached hydrogen (secondary N) is 1. The van der Waals surface area contributed by atoms with Crippen molar-refractivity contribution in [2.45, 2.75) is 77.3 Å². The van der Waals surface area contributed by atoms with E-state index in [-0.39, 0.29) is 0 Å². The Balaban J connectivity index is 0.736. The number of benzene rings is 2. The number of quaternary nitrogens is 1. The molecule has 9 rings (SSSR count). The molecule has 0 saturated carbocycles. The Labute approximate surface area is 307 Å². The fraction of sp³-hybridized carbons (Fsp3) is 0.429. The normalized spacial score (nSPS) is 18.9. The zero-order valence-electron chi connectivity index (χ0n) is 30.3. The Morgan fingerprint density at radius 2 is 1.04 bits per heavy atom. The van der Waals surface area contributed by atoms with Crippen LogP contribution < -0.4 is 23.9 Å². The first-order valence-corrected chi connectivity index (χ1v) is 19.7. The highest BCUT2D eigenvalue weighted by atomic mass is 15.7. The van der Waals surface area contributed by atoms with Gasteiger partial charge in [-0.2, -0.15) is 10.2 Å². The molecule has 0 fully saturated rings. The molecule has 5 aliphatic rings. The zero-order valence-corrected chi connectivity index (χ0v) is 30.3. The zero-order chi connectivity index (χ0) is 34.7. The standard InChI is InChI=1S/C42H50N10/c1-9-33-27-39(28-34-10-2-20-49(19-1)41(33)34)45-43-37-13-5-15-47(31-37)17-7-23-51-25-26-52(51)24-8-18-48-16-6-14-38(32-48)44-46-40-29-35-11-3-21-50-22-4-12-36(30-40)42(35)50/h5-6,13-16,25-32H,1-4,7-12,17-24H2/q+2/p+1. The third-order valence-corrected chi connectivity index (χ3v) is 11.4. The molecule has 1 N–H and O–H groups in total. The molecule has 266 valence electrons. The van der Waals surface area contributed by atoms with Crippen LogP contribution >= 0.6 is 0 Å². The summed E-state index contributed by atoms with van der Waals surface area (Å²) in [5, 5.41) is 22.5. The van der Waals surface area contributed by atoms with Crippen molar-refractivity contribution in [3.8, 4) is 0 Å².